The second-order valence-corrected chi connectivity index (χ2v) is 6.81. The summed E-state index contributed by atoms with van der Waals surface area (Å²) in [6.07, 6.45) is 5.15. The summed E-state index contributed by atoms with van der Waals surface area (Å²) in [4.78, 5) is 29.6. The standard InChI is InChI=1S/C20H22N4O3/c25-17-6-2-1-5-14(17)13-4-3-11-24(12-13)20(27)23-16-8-10-22-19(26)18-15(16)7-9-21-18/h1-2,4-7,9,16,21,25H,3,8,10-12H2,(H,22,26)(H,23,27). The average molecular weight is 366 g/mol. The first-order valence-corrected chi connectivity index (χ1v) is 9.12. The minimum Gasteiger partial charge on any atom is -0.507 e. The van der Waals surface area contributed by atoms with E-state index in [1.54, 1.807) is 23.2 Å². The quantitative estimate of drug-likeness (QED) is 0.657. The van der Waals surface area contributed by atoms with E-state index >= 15 is 0 Å². The molecule has 3 heterocycles. The number of urea groups is 1. The van der Waals surface area contributed by atoms with Crippen molar-refractivity contribution in [2.24, 2.45) is 0 Å². The zero-order valence-corrected chi connectivity index (χ0v) is 14.9. The second-order valence-electron chi connectivity index (χ2n) is 6.81. The predicted molar refractivity (Wildman–Crippen MR) is 101 cm³/mol. The van der Waals surface area contributed by atoms with Crippen LogP contribution in [0.25, 0.3) is 5.57 Å². The van der Waals surface area contributed by atoms with Gasteiger partial charge in [-0.15, -0.1) is 0 Å². The van der Waals surface area contributed by atoms with E-state index in [4.69, 9.17) is 0 Å². The third-order valence-corrected chi connectivity index (χ3v) is 5.09. The summed E-state index contributed by atoms with van der Waals surface area (Å²) < 4.78 is 0. The Morgan fingerprint density at radius 1 is 1.26 bits per heavy atom. The second kappa shape index (κ2) is 7.19. The fourth-order valence-corrected chi connectivity index (χ4v) is 3.69. The fraction of sp³-hybridized carbons (Fsp3) is 0.300. The highest BCUT2D eigenvalue weighted by Gasteiger charge is 2.28. The molecule has 2 aliphatic heterocycles. The van der Waals surface area contributed by atoms with Gasteiger partial charge in [-0.2, -0.15) is 0 Å². The number of nitrogens with one attached hydrogen (secondary N) is 3. The van der Waals surface area contributed by atoms with E-state index in [1.165, 1.54) is 0 Å². The van der Waals surface area contributed by atoms with Crippen LogP contribution in [0.3, 0.4) is 0 Å². The van der Waals surface area contributed by atoms with E-state index in [2.05, 4.69) is 21.7 Å². The van der Waals surface area contributed by atoms with Gasteiger partial charge >= 0.3 is 6.03 Å². The maximum absolute atomic E-state index is 12.9. The van der Waals surface area contributed by atoms with Crippen LogP contribution < -0.4 is 10.6 Å². The van der Waals surface area contributed by atoms with Gasteiger partial charge in [-0.3, -0.25) is 4.79 Å². The lowest BCUT2D eigenvalue weighted by molar-refractivity contribution is 0.0951. The van der Waals surface area contributed by atoms with E-state index < -0.39 is 0 Å². The SMILES string of the molecule is O=C1NCCC(NC(=O)N2CCC=C(c3ccccc3O)C2)c2cc[nH]c21. The number of para-hydroxylation sites is 1. The molecule has 0 saturated heterocycles. The van der Waals surface area contributed by atoms with E-state index in [-0.39, 0.29) is 23.7 Å². The van der Waals surface area contributed by atoms with Gasteiger partial charge < -0.3 is 25.6 Å². The van der Waals surface area contributed by atoms with Gasteiger partial charge in [0.2, 0.25) is 0 Å². The molecule has 0 radical (unpaired) electrons. The highest BCUT2D eigenvalue weighted by molar-refractivity contribution is 5.94. The Morgan fingerprint density at radius 3 is 2.96 bits per heavy atom. The van der Waals surface area contributed by atoms with Gasteiger partial charge in [0.05, 0.1) is 6.04 Å². The minimum atomic E-state index is -0.225. The zero-order valence-electron chi connectivity index (χ0n) is 14.9. The number of amides is 3. The number of carbonyl (C=O) groups excluding carboxylic acids is 2. The third kappa shape index (κ3) is 3.40. The van der Waals surface area contributed by atoms with Gasteiger partial charge in [-0.1, -0.05) is 24.3 Å². The van der Waals surface area contributed by atoms with E-state index in [0.29, 0.717) is 31.7 Å². The molecule has 0 fully saturated rings. The average Bonchev–Trinajstić information content (AvgIpc) is 3.12. The summed E-state index contributed by atoms with van der Waals surface area (Å²) in [5.74, 6) is 0.0748. The lowest BCUT2D eigenvalue weighted by atomic mass is 10.0. The molecule has 7 heteroatoms. The molecule has 1 aromatic heterocycles. The molecular weight excluding hydrogens is 344 g/mol. The van der Waals surface area contributed by atoms with Crippen LogP contribution in [0.4, 0.5) is 4.79 Å². The number of aromatic hydroxyl groups is 1. The molecule has 0 bridgehead atoms. The van der Waals surface area contributed by atoms with Crippen molar-refractivity contribution in [2.75, 3.05) is 19.6 Å². The van der Waals surface area contributed by atoms with Crippen molar-refractivity contribution in [1.29, 1.82) is 0 Å². The molecule has 0 spiro atoms. The molecule has 3 amide bonds. The predicted octanol–water partition coefficient (Wildman–Crippen LogP) is 2.39. The number of H-pyrrole nitrogens is 1. The molecule has 0 saturated carbocycles. The number of aromatic nitrogens is 1. The van der Waals surface area contributed by atoms with E-state index in [1.807, 2.05) is 18.2 Å². The van der Waals surface area contributed by atoms with Gasteiger partial charge in [0, 0.05) is 37.0 Å². The first kappa shape index (κ1) is 17.2. The number of fused-ring (bicyclic) bond motifs is 1. The first-order chi connectivity index (χ1) is 13.1. The summed E-state index contributed by atoms with van der Waals surface area (Å²) in [7, 11) is 0. The molecule has 1 aromatic carbocycles. The lowest BCUT2D eigenvalue weighted by Crippen LogP contribution is -2.44. The molecule has 1 unspecified atom stereocenters. The molecule has 140 valence electrons. The number of benzene rings is 1. The summed E-state index contributed by atoms with van der Waals surface area (Å²) in [5.41, 5.74) is 3.01. The lowest BCUT2D eigenvalue weighted by Gasteiger charge is -2.30. The van der Waals surface area contributed by atoms with Crippen LogP contribution in [0.2, 0.25) is 0 Å². The molecule has 0 aliphatic carbocycles. The van der Waals surface area contributed by atoms with E-state index in [0.717, 1.165) is 23.1 Å². The minimum absolute atomic E-state index is 0.144. The Hall–Kier alpha value is -3.22. The Bertz CT molecular complexity index is 902. The Kier molecular flexibility index (Phi) is 4.58. The van der Waals surface area contributed by atoms with Crippen LogP contribution in [0.5, 0.6) is 5.75 Å². The summed E-state index contributed by atoms with van der Waals surface area (Å²) >= 11 is 0. The number of rotatable bonds is 2. The molecule has 4 rings (SSSR count). The summed E-state index contributed by atoms with van der Waals surface area (Å²) in [6, 6.07) is 8.62. The third-order valence-electron chi connectivity index (χ3n) is 5.09. The molecule has 1 atom stereocenters. The number of hydrogen-bond acceptors (Lipinski definition) is 3. The number of hydrogen-bond donors (Lipinski definition) is 4. The number of phenolic OH excluding ortho intramolecular Hbond substituents is 1. The molecule has 2 aliphatic rings. The number of carbonyl (C=O) groups is 2. The van der Waals surface area contributed by atoms with Crippen molar-refractivity contribution in [2.45, 2.75) is 18.9 Å². The van der Waals surface area contributed by atoms with Crippen LogP contribution in [0.1, 0.15) is 40.5 Å². The van der Waals surface area contributed by atoms with E-state index in [9.17, 15) is 14.7 Å². The number of nitrogens with zero attached hydrogens (tertiary/aromatic N) is 1. The van der Waals surface area contributed by atoms with Crippen LogP contribution >= 0.6 is 0 Å². The summed E-state index contributed by atoms with van der Waals surface area (Å²) in [6.45, 7) is 1.56. The maximum Gasteiger partial charge on any atom is 0.318 e. The van der Waals surface area contributed by atoms with Crippen molar-refractivity contribution < 1.29 is 14.7 Å². The monoisotopic (exact) mass is 366 g/mol. The van der Waals surface area contributed by atoms with Gasteiger partial charge in [0.25, 0.3) is 5.91 Å². The molecule has 7 nitrogen and oxygen atoms in total. The highest BCUT2D eigenvalue weighted by Crippen LogP contribution is 2.28. The van der Waals surface area contributed by atoms with Crippen molar-refractivity contribution in [1.82, 2.24) is 20.5 Å². The number of aromatic amines is 1. The van der Waals surface area contributed by atoms with Gasteiger partial charge in [-0.05, 0) is 30.5 Å². The molecule has 4 N–H and O–H groups in total. The van der Waals surface area contributed by atoms with Crippen molar-refractivity contribution in [3.8, 4) is 5.75 Å². The van der Waals surface area contributed by atoms with Crippen LogP contribution in [0.15, 0.2) is 42.6 Å². The van der Waals surface area contributed by atoms with Gasteiger partial charge in [-0.25, -0.2) is 4.79 Å². The maximum atomic E-state index is 12.9. The topological polar surface area (TPSA) is 97.5 Å². The fourth-order valence-electron chi connectivity index (χ4n) is 3.69. The summed E-state index contributed by atoms with van der Waals surface area (Å²) in [5, 5.41) is 16.0. The largest absolute Gasteiger partial charge is 0.507 e. The zero-order chi connectivity index (χ0) is 18.8. The molecule has 27 heavy (non-hydrogen) atoms. The Balaban J connectivity index is 1.48. The van der Waals surface area contributed by atoms with Crippen LogP contribution in [-0.4, -0.2) is 46.6 Å². The normalized spacial score (nSPS) is 19.6. The van der Waals surface area contributed by atoms with Crippen LogP contribution in [0, 0.1) is 0 Å². The first-order valence-electron chi connectivity index (χ1n) is 9.12. The van der Waals surface area contributed by atoms with Crippen molar-refractivity contribution >= 4 is 17.5 Å². The van der Waals surface area contributed by atoms with Gasteiger partial charge in [0.1, 0.15) is 11.4 Å². The smallest absolute Gasteiger partial charge is 0.318 e. The van der Waals surface area contributed by atoms with Crippen molar-refractivity contribution in [3.05, 3.63) is 59.4 Å². The molecule has 2 aromatic rings. The number of phenols is 1. The highest BCUT2D eigenvalue weighted by atomic mass is 16.3. The van der Waals surface area contributed by atoms with Gasteiger partial charge in [0.15, 0.2) is 0 Å². The molecular formula is C20H22N4O3. The van der Waals surface area contributed by atoms with Crippen LogP contribution in [-0.2, 0) is 0 Å². The Labute approximate surface area is 157 Å². The Morgan fingerprint density at radius 2 is 2.11 bits per heavy atom. The van der Waals surface area contributed by atoms with Crippen molar-refractivity contribution in [3.63, 3.8) is 0 Å².